The van der Waals surface area contributed by atoms with Crippen LogP contribution in [-0.2, 0) is 22.6 Å². The Morgan fingerprint density at radius 3 is 2.31 bits per heavy atom. The number of ether oxygens (including phenoxy) is 1. The van der Waals surface area contributed by atoms with Gasteiger partial charge in [0.05, 0.1) is 6.04 Å². The molecule has 2 aromatic carbocycles. The van der Waals surface area contributed by atoms with E-state index >= 15 is 0 Å². The molecule has 32 heavy (non-hydrogen) atoms. The highest BCUT2D eigenvalue weighted by molar-refractivity contribution is 5.89. The molecule has 0 saturated heterocycles. The van der Waals surface area contributed by atoms with E-state index in [4.69, 9.17) is 10.5 Å². The Bertz CT molecular complexity index is 864. The molecule has 6 nitrogen and oxygen atoms in total. The molecule has 1 aliphatic rings. The Kier molecular flexibility index (Phi) is 8.68. The van der Waals surface area contributed by atoms with Crippen LogP contribution < -0.4 is 21.1 Å². The van der Waals surface area contributed by atoms with Crippen LogP contribution in [0.25, 0.3) is 0 Å². The van der Waals surface area contributed by atoms with Crippen LogP contribution in [0.1, 0.15) is 44.2 Å². The zero-order valence-corrected chi connectivity index (χ0v) is 19.1. The Morgan fingerprint density at radius 1 is 1.00 bits per heavy atom. The molecule has 0 aliphatic heterocycles. The van der Waals surface area contributed by atoms with Crippen LogP contribution in [0.4, 0.5) is 0 Å². The van der Waals surface area contributed by atoms with Gasteiger partial charge < -0.3 is 21.1 Å². The van der Waals surface area contributed by atoms with Crippen LogP contribution >= 0.6 is 0 Å². The first-order valence-electron chi connectivity index (χ1n) is 11.5. The third-order valence-corrected chi connectivity index (χ3v) is 5.57. The fraction of sp³-hybridized carbons (Fsp3) is 0.462. The number of rotatable bonds is 12. The normalized spacial score (nSPS) is 15.1. The number of nitrogens with one attached hydrogen (secondary N) is 2. The molecule has 0 radical (unpaired) electrons. The molecule has 0 aromatic heterocycles. The van der Waals surface area contributed by atoms with Gasteiger partial charge in [-0.15, -0.1) is 0 Å². The molecule has 1 fully saturated rings. The lowest BCUT2D eigenvalue weighted by molar-refractivity contribution is -0.129. The van der Waals surface area contributed by atoms with E-state index in [0.29, 0.717) is 37.8 Å². The van der Waals surface area contributed by atoms with Gasteiger partial charge in [-0.1, -0.05) is 56.3 Å². The fourth-order valence-corrected chi connectivity index (χ4v) is 3.49. The van der Waals surface area contributed by atoms with E-state index in [0.717, 1.165) is 29.7 Å². The minimum absolute atomic E-state index is 0.161. The molecule has 0 heterocycles. The molecule has 1 aliphatic carbocycles. The molecule has 3 rings (SSSR count). The van der Waals surface area contributed by atoms with Gasteiger partial charge in [-0.05, 0) is 54.4 Å². The van der Waals surface area contributed by atoms with E-state index < -0.39 is 12.1 Å². The van der Waals surface area contributed by atoms with Gasteiger partial charge in [0.25, 0.3) is 0 Å². The van der Waals surface area contributed by atoms with Gasteiger partial charge in [0, 0.05) is 13.0 Å². The van der Waals surface area contributed by atoms with Crippen molar-refractivity contribution >= 4 is 11.8 Å². The predicted octanol–water partition coefficient (Wildman–Crippen LogP) is 3.19. The molecule has 1 saturated carbocycles. The highest BCUT2D eigenvalue weighted by Gasteiger charge is 2.27. The smallest absolute Gasteiger partial charge is 0.242 e. The standard InChI is InChI=1S/C26H35N3O3/c1-18(2)14-23(27)25(30)29-24(26(31)28-16-20-8-9-20)15-19-10-12-22(13-11-19)32-17-21-6-4-3-5-7-21/h3-7,10-13,18,20,23-24H,8-9,14-17,27H2,1-2H3,(H,28,31)(H,29,30). The van der Waals surface area contributed by atoms with E-state index in [2.05, 4.69) is 10.6 Å². The minimum atomic E-state index is -0.657. The molecule has 4 N–H and O–H groups in total. The highest BCUT2D eigenvalue weighted by Crippen LogP contribution is 2.27. The third kappa shape index (κ3) is 8.00. The second kappa shape index (κ2) is 11.7. The van der Waals surface area contributed by atoms with E-state index in [-0.39, 0.29) is 11.8 Å². The molecule has 2 amide bonds. The molecular formula is C26H35N3O3. The topological polar surface area (TPSA) is 93.5 Å². The Balaban J connectivity index is 1.59. The summed E-state index contributed by atoms with van der Waals surface area (Å²) in [6.07, 6.45) is 3.29. The second-order valence-electron chi connectivity index (χ2n) is 9.11. The number of carbonyl (C=O) groups is 2. The first-order valence-corrected chi connectivity index (χ1v) is 11.5. The van der Waals surface area contributed by atoms with Crippen molar-refractivity contribution in [3.63, 3.8) is 0 Å². The summed E-state index contributed by atoms with van der Waals surface area (Å²) in [4.78, 5) is 25.4. The van der Waals surface area contributed by atoms with Gasteiger partial charge in [-0.25, -0.2) is 0 Å². The third-order valence-electron chi connectivity index (χ3n) is 5.57. The summed E-state index contributed by atoms with van der Waals surface area (Å²) in [6.45, 7) is 5.20. The number of hydrogen-bond acceptors (Lipinski definition) is 4. The molecule has 2 atom stereocenters. The fourth-order valence-electron chi connectivity index (χ4n) is 3.49. The van der Waals surface area contributed by atoms with E-state index in [1.165, 1.54) is 0 Å². The van der Waals surface area contributed by atoms with E-state index in [1.54, 1.807) is 0 Å². The largest absolute Gasteiger partial charge is 0.489 e. The van der Waals surface area contributed by atoms with Crippen molar-refractivity contribution in [3.05, 3.63) is 65.7 Å². The van der Waals surface area contributed by atoms with Gasteiger partial charge in [0.2, 0.25) is 11.8 Å². The van der Waals surface area contributed by atoms with Crippen LogP contribution in [0.5, 0.6) is 5.75 Å². The molecule has 0 bridgehead atoms. The zero-order chi connectivity index (χ0) is 22.9. The summed E-state index contributed by atoms with van der Waals surface area (Å²) in [7, 11) is 0. The van der Waals surface area contributed by atoms with Crippen molar-refractivity contribution < 1.29 is 14.3 Å². The monoisotopic (exact) mass is 437 g/mol. The summed E-state index contributed by atoms with van der Waals surface area (Å²) < 4.78 is 5.84. The number of amides is 2. The summed E-state index contributed by atoms with van der Waals surface area (Å²) in [5, 5.41) is 5.85. The molecule has 0 spiro atoms. The van der Waals surface area contributed by atoms with Crippen molar-refractivity contribution in [1.82, 2.24) is 10.6 Å². The SMILES string of the molecule is CC(C)CC(N)C(=O)NC(Cc1ccc(OCc2ccccc2)cc1)C(=O)NCC1CC1. The Labute approximate surface area is 190 Å². The lowest BCUT2D eigenvalue weighted by atomic mass is 10.0. The van der Waals surface area contributed by atoms with Crippen molar-refractivity contribution in [1.29, 1.82) is 0 Å². The van der Waals surface area contributed by atoms with E-state index in [9.17, 15) is 9.59 Å². The van der Waals surface area contributed by atoms with E-state index in [1.807, 2.05) is 68.4 Å². The highest BCUT2D eigenvalue weighted by atomic mass is 16.5. The van der Waals surface area contributed by atoms with Crippen LogP contribution in [-0.4, -0.2) is 30.4 Å². The maximum absolute atomic E-state index is 12.8. The Hall–Kier alpha value is -2.86. The summed E-state index contributed by atoms with van der Waals surface area (Å²) in [5.41, 5.74) is 8.08. The first-order chi connectivity index (χ1) is 15.4. The number of hydrogen-bond donors (Lipinski definition) is 3. The molecule has 2 aromatic rings. The van der Waals surface area contributed by atoms with Gasteiger partial charge in [-0.3, -0.25) is 9.59 Å². The maximum Gasteiger partial charge on any atom is 0.242 e. The van der Waals surface area contributed by atoms with Crippen LogP contribution in [0.2, 0.25) is 0 Å². The molecule has 172 valence electrons. The van der Waals surface area contributed by atoms with Gasteiger partial charge >= 0.3 is 0 Å². The number of nitrogens with two attached hydrogens (primary N) is 1. The van der Waals surface area contributed by atoms with Gasteiger partial charge in [0.1, 0.15) is 18.4 Å². The first kappa shape index (κ1) is 23.8. The van der Waals surface area contributed by atoms with Gasteiger partial charge in [0.15, 0.2) is 0 Å². The molecule has 6 heteroatoms. The average Bonchev–Trinajstić information content (AvgIpc) is 3.61. The van der Waals surface area contributed by atoms with Crippen LogP contribution in [0.3, 0.4) is 0 Å². The predicted molar refractivity (Wildman–Crippen MR) is 126 cm³/mol. The van der Waals surface area contributed by atoms with Gasteiger partial charge in [-0.2, -0.15) is 0 Å². The molecule has 2 unspecified atom stereocenters. The number of benzene rings is 2. The maximum atomic E-state index is 12.8. The van der Waals surface area contributed by atoms with Crippen LogP contribution in [0.15, 0.2) is 54.6 Å². The van der Waals surface area contributed by atoms with Crippen molar-refractivity contribution in [3.8, 4) is 5.75 Å². The molecular weight excluding hydrogens is 402 g/mol. The average molecular weight is 438 g/mol. The second-order valence-corrected chi connectivity index (χ2v) is 9.11. The van der Waals surface area contributed by atoms with Crippen LogP contribution in [0, 0.1) is 11.8 Å². The van der Waals surface area contributed by atoms with Crippen molar-refractivity contribution in [2.45, 2.75) is 58.2 Å². The quantitative estimate of drug-likeness (QED) is 0.475. The summed E-state index contributed by atoms with van der Waals surface area (Å²) >= 11 is 0. The van der Waals surface area contributed by atoms with Crippen molar-refractivity contribution in [2.75, 3.05) is 6.54 Å². The van der Waals surface area contributed by atoms with Crippen molar-refractivity contribution in [2.24, 2.45) is 17.6 Å². The summed E-state index contributed by atoms with van der Waals surface area (Å²) in [6, 6.07) is 16.4. The number of carbonyl (C=O) groups excluding carboxylic acids is 2. The Morgan fingerprint density at radius 2 is 1.69 bits per heavy atom. The summed E-state index contributed by atoms with van der Waals surface area (Å²) in [5.74, 6) is 1.19. The zero-order valence-electron chi connectivity index (χ0n) is 19.1. The lowest BCUT2D eigenvalue weighted by Crippen LogP contribution is -2.53. The minimum Gasteiger partial charge on any atom is -0.489 e. The lowest BCUT2D eigenvalue weighted by Gasteiger charge is -2.22.